The maximum Gasteiger partial charge on any atom is 0.133 e. The lowest BCUT2D eigenvalue weighted by molar-refractivity contribution is 0.427. The van der Waals surface area contributed by atoms with Gasteiger partial charge in [0.2, 0.25) is 0 Å². The molecule has 0 spiro atoms. The maximum atomic E-state index is 5.85. The van der Waals surface area contributed by atoms with Crippen LogP contribution in [-0.4, -0.2) is 16.5 Å². The lowest BCUT2D eigenvalue weighted by Crippen LogP contribution is -2.19. The molecule has 3 rings (SSSR count). The smallest absolute Gasteiger partial charge is 0.133 e. The summed E-state index contributed by atoms with van der Waals surface area (Å²) in [7, 11) is 0. The minimum atomic E-state index is 0.579. The topological polar surface area (TPSA) is 63.8 Å². The van der Waals surface area contributed by atoms with Crippen LogP contribution >= 0.6 is 0 Å². The fraction of sp³-hybridized carbons (Fsp3) is 0.733. The molecule has 0 unspecified atom stereocenters. The predicted octanol–water partition coefficient (Wildman–Crippen LogP) is 2.86. The highest BCUT2D eigenvalue weighted by Gasteiger charge is 2.41. The van der Waals surface area contributed by atoms with Gasteiger partial charge < -0.3 is 11.1 Å². The number of nitrogens with zero attached hydrogens (tertiary/aromatic N) is 2. The first-order valence-corrected chi connectivity index (χ1v) is 7.63. The van der Waals surface area contributed by atoms with E-state index in [9.17, 15) is 0 Å². The molecule has 3 N–H and O–H groups in total. The van der Waals surface area contributed by atoms with E-state index in [1.54, 1.807) is 0 Å². The Morgan fingerprint density at radius 2 is 1.95 bits per heavy atom. The number of aryl methyl sites for hydroxylation is 1. The summed E-state index contributed by atoms with van der Waals surface area (Å²) in [6.07, 6.45) is 7.65. The molecule has 4 heteroatoms. The fourth-order valence-electron chi connectivity index (χ4n) is 2.93. The zero-order chi connectivity index (χ0) is 13.2. The molecule has 19 heavy (non-hydrogen) atoms. The second kappa shape index (κ2) is 5.35. The van der Waals surface area contributed by atoms with Crippen molar-refractivity contribution in [3.8, 4) is 0 Å². The summed E-state index contributed by atoms with van der Waals surface area (Å²) in [6, 6.07) is 1.86. The lowest BCUT2D eigenvalue weighted by atomic mass is 9.98. The summed E-state index contributed by atoms with van der Waals surface area (Å²) in [5.41, 5.74) is 5.85. The van der Waals surface area contributed by atoms with E-state index in [1.165, 1.54) is 25.7 Å². The van der Waals surface area contributed by atoms with Crippen molar-refractivity contribution < 1.29 is 0 Å². The quantitative estimate of drug-likeness (QED) is 0.791. The molecule has 0 aliphatic heterocycles. The zero-order valence-electron chi connectivity index (χ0n) is 11.7. The van der Waals surface area contributed by atoms with Gasteiger partial charge in [-0.3, -0.25) is 0 Å². The van der Waals surface area contributed by atoms with Crippen LogP contribution in [0.2, 0.25) is 0 Å². The number of nitrogens with two attached hydrogens (primary N) is 1. The van der Waals surface area contributed by atoms with Crippen LogP contribution in [0.25, 0.3) is 0 Å². The Morgan fingerprint density at radius 3 is 2.53 bits per heavy atom. The Balaban J connectivity index is 1.61. The van der Waals surface area contributed by atoms with Crippen LogP contribution in [0, 0.1) is 17.8 Å². The number of rotatable bonds is 7. The number of nitrogens with one attached hydrogen (secondary N) is 1. The normalized spacial score (nSPS) is 18.8. The highest BCUT2D eigenvalue weighted by Crippen LogP contribution is 2.49. The monoisotopic (exact) mass is 260 g/mol. The Kier molecular flexibility index (Phi) is 3.58. The highest BCUT2D eigenvalue weighted by molar-refractivity contribution is 5.44. The predicted molar refractivity (Wildman–Crippen MR) is 77.9 cm³/mol. The second-order valence-corrected chi connectivity index (χ2v) is 6.06. The molecule has 0 radical (unpaired) electrons. The molecule has 2 fully saturated rings. The van der Waals surface area contributed by atoms with Crippen LogP contribution in [0.15, 0.2) is 6.07 Å². The van der Waals surface area contributed by atoms with Crippen LogP contribution in [0.3, 0.4) is 0 Å². The summed E-state index contributed by atoms with van der Waals surface area (Å²) in [6.45, 7) is 3.19. The summed E-state index contributed by atoms with van der Waals surface area (Å²) in [5, 5.41) is 3.50. The van der Waals surface area contributed by atoms with Crippen LogP contribution < -0.4 is 11.1 Å². The van der Waals surface area contributed by atoms with E-state index in [-0.39, 0.29) is 0 Å². The maximum absolute atomic E-state index is 5.85. The Hall–Kier alpha value is -1.32. The van der Waals surface area contributed by atoms with Crippen molar-refractivity contribution in [3.63, 3.8) is 0 Å². The Labute approximate surface area is 115 Å². The summed E-state index contributed by atoms with van der Waals surface area (Å²) >= 11 is 0. The molecule has 4 nitrogen and oxygen atoms in total. The fourth-order valence-corrected chi connectivity index (χ4v) is 2.93. The van der Waals surface area contributed by atoms with Gasteiger partial charge in [0.05, 0.1) is 0 Å². The van der Waals surface area contributed by atoms with Crippen molar-refractivity contribution in [2.75, 3.05) is 17.6 Å². The van der Waals surface area contributed by atoms with Gasteiger partial charge in [0.1, 0.15) is 17.5 Å². The molecule has 2 aliphatic carbocycles. The van der Waals surface area contributed by atoms with Crippen molar-refractivity contribution in [1.82, 2.24) is 9.97 Å². The van der Waals surface area contributed by atoms with Crippen LogP contribution in [-0.2, 0) is 6.42 Å². The van der Waals surface area contributed by atoms with Gasteiger partial charge in [0.25, 0.3) is 0 Å². The number of anilines is 2. The van der Waals surface area contributed by atoms with E-state index in [1.807, 2.05) is 6.07 Å². The summed E-state index contributed by atoms with van der Waals surface area (Å²) in [4.78, 5) is 8.82. The van der Waals surface area contributed by atoms with Gasteiger partial charge in [-0.1, -0.05) is 6.92 Å². The van der Waals surface area contributed by atoms with E-state index in [2.05, 4.69) is 22.2 Å². The summed E-state index contributed by atoms with van der Waals surface area (Å²) < 4.78 is 0. The number of hydrogen-bond donors (Lipinski definition) is 2. The molecule has 1 aromatic rings. The molecule has 0 atom stereocenters. The average molecular weight is 260 g/mol. The van der Waals surface area contributed by atoms with E-state index in [4.69, 9.17) is 5.73 Å². The number of nitrogen functional groups attached to an aromatic ring is 1. The van der Waals surface area contributed by atoms with Gasteiger partial charge in [-0.15, -0.1) is 0 Å². The second-order valence-electron chi connectivity index (χ2n) is 6.06. The van der Waals surface area contributed by atoms with Gasteiger partial charge in [0, 0.05) is 19.0 Å². The number of hydrogen-bond acceptors (Lipinski definition) is 4. The van der Waals surface area contributed by atoms with Crippen LogP contribution in [0.4, 0.5) is 11.6 Å². The molecule has 1 heterocycles. The standard InChI is InChI=1S/C15H24N4/c1-2-3-14-18-13(16)8-15(19-14)17-9-12(10-4-5-10)11-6-7-11/h8,10-12H,2-7,9H2,1H3,(H3,16,17,18,19). The Bertz CT molecular complexity index is 426. The first-order valence-electron chi connectivity index (χ1n) is 7.63. The molecule has 2 aliphatic rings. The van der Waals surface area contributed by atoms with E-state index >= 15 is 0 Å². The van der Waals surface area contributed by atoms with Crippen molar-refractivity contribution in [1.29, 1.82) is 0 Å². The average Bonchev–Trinajstić information content (AvgIpc) is 3.24. The molecule has 0 bridgehead atoms. The van der Waals surface area contributed by atoms with Crippen molar-refractivity contribution in [2.24, 2.45) is 17.8 Å². The SMILES string of the molecule is CCCc1nc(N)cc(NCC(C2CC2)C2CC2)n1. The molecule has 2 saturated carbocycles. The first kappa shape index (κ1) is 12.7. The van der Waals surface area contributed by atoms with Gasteiger partial charge >= 0.3 is 0 Å². The molecule has 0 saturated heterocycles. The third-order valence-corrected chi connectivity index (χ3v) is 4.24. The lowest BCUT2D eigenvalue weighted by Gasteiger charge is -2.17. The first-order chi connectivity index (χ1) is 9.26. The molecular formula is C15H24N4. The summed E-state index contributed by atoms with van der Waals surface area (Å²) in [5.74, 6) is 5.13. The van der Waals surface area contributed by atoms with E-state index in [0.717, 1.165) is 48.8 Å². The van der Waals surface area contributed by atoms with Crippen molar-refractivity contribution in [3.05, 3.63) is 11.9 Å². The minimum Gasteiger partial charge on any atom is -0.384 e. The van der Waals surface area contributed by atoms with Gasteiger partial charge in [-0.05, 0) is 49.9 Å². The van der Waals surface area contributed by atoms with E-state index in [0.29, 0.717) is 5.82 Å². The van der Waals surface area contributed by atoms with Crippen LogP contribution in [0.5, 0.6) is 0 Å². The third-order valence-electron chi connectivity index (χ3n) is 4.24. The molecule has 104 valence electrons. The Morgan fingerprint density at radius 1 is 1.26 bits per heavy atom. The molecular weight excluding hydrogens is 236 g/mol. The van der Waals surface area contributed by atoms with Gasteiger partial charge in [-0.2, -0.15) is 0 Å². The van der Waals surface area contributed by atoms with E-state index < -0.39 is 0 Å². The largest absolute Gasteiger partial charge is 0.384 e. The number of aromatic nitrogens is 2. The van der Waals surface area contributed by atoms with Gasteiger partial charge in [0.15, 0.2) is 0 Å². The van der Waals surface area contributed by atoms with Crippen molar-refractivity contribution in [2.45, 2.75) is 45.4 Å². The molecule has 0 amide bonds. The molecule has 1 aromatic heterocycles. The highest BCUT2D eigenvalue weighted by atomic mass is 15.0. The van der Waals surface area contributed by atoms with Crippen LogP contribution in [0.1, 0.15) is 44.9 Å². The van der Waals surface area contributed by atoms with Gasteiger partial charge in [-0.25, -0.2) is 9.97 Å². The molecule has 0 aromatic carbocycles. The third kappa shape index (κ3) is 3.37. The van der Waals surface area contributed by atoms with Crippen molar-refractivity contribution >= 4 is 11.6 Å². The minimum absolute atomic E-state index is 0.579. The zero-order valence-corrected chi connectivity index (χ0v) is 11.7.